The number of unbranched alkanes of at least 4 members (excludes halogenated alkanes) is 12. The first kappa shape index (κ1) is 57.4. The Morgan fingerprint density at radius 2 is 0.889 bits per heavy atom. The number of benzene rings is 3. The van der Waals surface area contributed by atoms with Gasteiger partial charge in [0, 0.05) is 24.0 Å². The Balaban J connectivity index is 0.741. The van der Waals surface area contributed by atoms with Gasteiger partial charge >= 0.3 is 0 Å². The summed E-state index contributed by atoms with van der Waals surface area (Å²) in [6.07, 6.45) is 40.5. The van der Waals surface area contributed by atoms with Crippen molar-refractivity contribution >= 4 is 16.9 Å². The maximum Gasteiger partial charge on any atom is 0.201 e. The van der Waals surface area contributed by atoms with Crippen LogP contribution in [-0.2, 0) is 17.6 Å². The predicted octanol–water partition coefficient (Wildman–Crippen LogP) is 19.9. The van der Waals surface area contributed by atoms with Crippen LogP contribution in [0.4, 0.5) is 17.6 Å². The Morgan fingerprint density at radius 1 is 0.444 bits per heavy atom. The highest BCUT2D eigenvalue weighted by molar-refractivity contribution is 5.78. The number of carbonyl (C=O) groups is 1. The lowest BCUT2D eigenvalue weighted by Gasteiger charge is -2.30. The first-order valence-corrected chi connectivity index (χ1v) is 29.4. The molecule has 2 atom stereocenters. The van der Waals surface area contributed by atoms with Crippen LogP contribution < -0.4 is 9.47 Å². The molecule has 0 aliphatic heterocycles. The average Bonchev–Trinajstić information content (AvgIpc) is 3.40. The van der Waals surface area contributed by atoms with E-state index in [2.05, 4.69) is 50.3 Å². The Kier molecular flexibility index (Phi) is 25.9. The van der Waals surface area contributed by atoms with E-state index < -0.39 is 23.3 Å². The molecule has 72 heavy (non-hydrogen) atoms. The predicted molar refractivity (Wildman–Crippen MR) is 292 cm³/mol. The van der Waals surface area contributed by atoms with Crippen LogP contribution in [0.3, 0.4) is 0 Å². The van der Waals surface area contributed by atoms with Crippen LogP contribution >= 0.6 is 0 Å². The van der Waals surface area contributed by atoms with Gasteiger partial charge in [-0.2, -0.15) is 8.78 Å². The quantitative estimate of drug-likeness (QED) is 0.0442. The Morgan fingerprint density at radius 3 is 1.39 bits per heavy atom. The largest absolute Gasteiger partial charge is 0.490 e. The summed E-state index contributed by atoms with van der Waals surface area (Å²) in [5.41, 5.74) is 5.35. The number of ketones is 1. The number of rotatable bonds is 34. The minimum atomic E-state index is -0.905. The Hall–Kier alpha value is -3.87. The van der Waals surface area contributed by atoms with Gasteiger partial charge in [0.25, 0.3) is 0 Å². The highest BCUT2D eigenvalue weighted by Crippen LogP contribution is 2.40. The second-order valence-corrected chi connectivity index (χ2v) is 22.3. The van der Waals surface area contributed by atoms with Crippen molar-refractivity contribution in [2.45, 2.75) is 232 Å². The van der Waals surface area contributed by atoms with Crippen LogP contribution in [0.25, 0.3) is 11.1 Å². The fourth-order valence-corrected chi connectivity index (χ4v) is 11.8. The summed E-state index contributed by atoms with van der Waals surface area (Å²) >= 11 is 0. The number of allylic oxidation sites excluding steroid dienone is 4. The molecule has 3 aliphatic rings. The molecule has 0 aromatic heterocycles. The lowest BCUT2D eigenvalue weighted by molar-refractivity contribution is -0.119. The van der Waals surface area contributed by atoms with Gasteiger partial charge in [-0.25, -0.2) is 8.78 Å². The van der Waals surface area contributed by atoms with Crippen molar-refractivity contribution in [3.8, 4) is 11.5 Å². The number of hydrogen-bond donors (Lipinski definition) is 0. The molecule has 3 aromatic carbocycles. The van der Waals surface area contributed by atoms with Crippen molar-refractivity contribution in [3.05, 3.63) is 106 Å². The monoisotopic (exact) mass is 997 g/mol. The number of aryl methyl sites for hydroxylation is 2. The van der Waals surface area contributed by atoms with Crippen molar-refractivity contribution in [2.75, 3.05) is 13.2 Å². The van der Waals surface area contributed by atoms with Crippen molar-refractivity contribution in [1.82, 2.24) is 0 Å². The van der Waals surface area contributed by atoms with E-state index >= 15 is 17.6 Å². The molecular weight excluding hydrogens is 905 g/mol. The summed E-state index contributed by atoms with van der Waals surface area (Å²) in [6.45, 7) is 5.18. The number of ether oxygens (including phenoxy) is 2. The molecule has 0 radical (unpaired) electrons. The van der Waals surface area contributed by atoms with E-state index in [9.17, 15) is 4.79 Å². The first-order valence-electron chi connectivity index (χ1n) is 29.4. The van der Waals surface area contributed by atoms with Crippen LogP contribution in [0.1, 0.15) is 242 Å². The van der Waals surface area contributed by atoms with Crippen molar-refractivity contribution in [2.24, 2.45) is 23.7 Å². The van der Waals surface area contributed by atoms with Crippen LogP contribution in [0.5, 0.6) is 11.5 Å². The molecule has 0 spiro atoms. The fraction of sp³-hybridized carbons (Fsp3) is 0.646. The van der Waals surface area contributed by atoms with Gasteiger partial charge in [-0.15, -0.1) is 0 Å². The summed E-state index contributed by atoms with van der Waals surface area (Å²) in [7, 11) is 0. The number of halogens is 4. The van der Waals surface area contributed by atoms with E-state index in [4.69, 9.17) is 9.47 Å². The molecule has 1 fully saturated rings. The van der Waals surface area contributed by atoms with E-state index in [1.165, 1.54) is 94.6 Å². The van der Waals surface area contributed by atoms with Crippen molar-refractivity contribution in [3.63, 3.8) is 0 Å². The normalized spacial score (nSPS) is 19.2. The molecule has 6 rings (SSSR count). The summed E-state index contributed by atoms with van der Waals surface area (Å²) in [6, 6.07) is 15.6. The first-order chi connectivity index (χ1) is 35.2. The SMILES string of the molecule is CCCCCc1ccc(CCC2CC=C(c3ccc(OCCCCCCCC(=O)CCCCCCCOc4ccc(C5=CCC(CCC6CCC(CCCCC)CC6)CC5)c(F)c4F)c(F)c3F)CC2)cc1. The molecule has 0 N–H and O–H groups in total. The number of hydrogen-bond acceptors (Lipinski definition) is 3. The minimum Gasteiger partial charge on any atom is -0.490 e. The zero-order valence-corrected chi connectivity index (χ0v) is 44.8. The van der Waals surface area contributed by atoms with Gasteiger partial charge in [-0.05, 0) is 167 Å². The third-order valence-electron chi connectivity index (χ3n) is 16.6. The standard InChI is InChI=1S/C65H92F4O3/c1-3-5-13-19-49-23-27-51(28-24-49)31-33-53-35-39-55(40-36-53)58-43-45-60(64(68)62(58)66)71-47-17-11-7-9-15-21-57(70)22-16-10-8-12-18-48-72-61-46-44-59(63(67)65(61)69)56-41-37-54(38-42-56)34-32-52-29-25-50(26-30-52)20-14-6-4-2/h23-24,27-28,39,41,43-46,50,52-54H,3-22,25-26,29-38,40,42,47-48H2,1-2H3. The van der Waals surface area contributed by atoms with Crippen LogP contribution in [0.2, 0.25) is 0 Å². The Bertz CT molecular complexity index is 2100. The fourth-order valence-electron chi connectivity index (χ4n) is 11.8. The maximum atomic E-state index is 15.3. The summed E-state index contributed by atoms with van der Waals surface area (Å²) in [4.78, 5) is 12.5. The molecule has 1 saturated carbocycles. The summed E-state index contributed by atoms with van der Waals surface area (Å²) < 4.78 is 72.0. The van der Waals surface area contributed by atoms with Crippen molar-refractivity contribution < 1.29 is 31.8 Å². The second-order valence-electron chi connectivity index (χ2n) is 22.3. The topological polar surface area (TPSA) is 35.5 Å². The van der Waals surface area contributed by atoms with E-state index in [1.54, 1.807) is 24.3 Å². The molecule has 3 aliphatic carbocycles. The molecule has 3 aromatic rings. The maximum absolute atomic E-state index is 15.3. The molecule has 0 heterocycles. The number of carbonyl (C=O) groups excluding carboxylic acids is 1. The molecule has 0 amide bonds. The Labute approximate surface area is 433 Å². The van der Waals surface area contributed by atoms with Gasteiger partial charge < -0.3 is 9.47 Å². The molecular formula is C65H92F4O3. The van der Waals surface area contributed by atoms with Gasteiger partial charge in [0.1, 0.15) is 5.78 Å². The second kappa shape index (κ2) is 32.4. The molecule has 3 nitrogen and oxygen atoms in total. The number of Topliss-reactive ketones (excluding diaryl/α,β-unsaturated/α-hetero) is 1. The van der Waals surface area contributed by atoms with E-state index in [0.29, 0.717) is 54.8 Å². The van der Waals surface area contributed by atoms with Crippen LogP contribution in [0, 0.1) is 46.9 Å². The van der Waals surface area contributed by atoms with Gasteiger partial charge in [-0.3, -0.25) is 4.79 Å². The lowest BCUT2D eigenvalue weighted by atomic mass is 9.76. The average molecular weight is 997 g/mol. The molecule has 398 valence electrons. The van der Waals surface area contributed by atoms with Crippen LogP contribution in [0.15, 0.2) is 60.7 Å². The third-order valence-corrected chi connectivity index (χ3v) is 16.6. The summed E-state index contributed by atoms with van der Waals surface area (Å²) in [5.74, 6) is -0.114. The molecule has 2 unspecified atom stereocenters. The van der Waals surface area contributed by atoms with Crippen LogP contribution in [-0.4, -0.2) is 19.0 Å². The minimum absolute atomic E-state index is 0.0142. The highest BCUT2D eigenvalue weighted by Gasteiger charge is 2.25. The van der Waals surface area contributed by atoms with Gasteiger partial charge in [0.05, 0.1) is 13.2 Å². The van der Waals surface area contributed by atoms with E-state index in [0.717, 1.165) is 145 Å². The zero-order chi connectivity index (χ0) is 50.8. The van der Waals surface area contributed by atoms with Gasteiger partial charge in [-0.1, -0.05) is 159 Å². The molecule has 0 saturated heterocycles. The van der Waals surface area contributed by atoms with E-state index in [-0.39, 0.29) is 11.5 Å². The lowest BCUT2D eigenvalue weighted by Crippen LogP contribution is -2.16. The zero-order valence-electron chi connectivity index (χ0n) is 44.8. The molecule has 0 bridgehead atoms. The van der Waals surface area contributed by atoms with Gasteiger partial charge in [0.2, 0.25) is 11.6 Å². The van der Waals surface area contributed by atoms with Gasteiger partial charge in [0.15, 0.2) is 23.1 Å². The summed E-state index contributed by atoms with van der Waals surface area (Å²) in [5, 5.41) is 0. The highest BCUT2D eigenvalue weighted by atomic mass is 19.2. The van der Waals surface area contributed by atoms with Crippen molar-refractivity contribution in [1.29, 1.82) is 0 Å². The third kappa shape index (κ3) is 19.4. The van der Waals surface area contributed by atoms with E-state index in [1.807, 2.05) is 0 Å². The smallest absolute Gasteiger partial charge is 0.201 e. The molecule has 7 heteroatoms.